The van der Waals surface area contributed by atoms with Gasteiger partial charge in [0, 0.05) is 13.1 Å². The van der Waals surface area contributed by atoms with E-state index in [0.29, 0.717) is 25.9 Å². The quantitative estimate of drug-likeness (QED) is 0.500. The standard InChI is InChI=1S/C7H12N2O3/c10-5-8-3-7(12)9-2-1-6(11)4-9/h5-6,11H,1-4H2,(H,8,10)/t6-/m1/s1. The van der Waals surface area contributed by atoms with Crippen molar-refractivity contribution < 1.29 is 14.7 Å². The SMILES string of the molecule is O=CNCC(=O)N1CC[C@@H](O)C1. The van der Waals surface area contributed by atoms with Crippen molar-refractivity contribution >= 4 is 12.3 Å². The molecule has 5 heteroatoms. The van der Waals surface area contributed by atoms with E-state index in [1.807, 2.05) is 0 Å². The summed E-state index contributed by atoms with van der Waals surface area (Å²) in [5.41, 5.74) is 0. The second-order valence-electron chi connectivity index (χ2n) is 2.78. The van der Waals surface area contributed by atoms with Crippen molar-refractivity contribution in [1.29, 1.82) is 0 Å². The van der Waals surface area contributed by atoms with Gasteiger partial charge in [0.25, 0.3) is 0 Å². The van der Waals surface area contributed by atoms with Crippen molar-refractivity contribution in [3.05, 3.63) is 0 Å². The Hall–Kier alpha value is -1.10. The van der Waals surface area contributed by atoms with Gasteiger partial charge in [0.15, 0.2) is 0 Å². The second-order valence-corrected chi connectivity index (χ2v) is 2.78. The van der Waals surface area contributed by atoms with Crippen LogP contribution in [-0.4, -0.2) is 48.1 Å². The number of nitrogens with one attached hydrogen (secondary N) is 1. The predicted octanol–water partition coefficient (Wildman–Crippen LogP) is -1.67. The van der Waals surface area contributed by atoms with E-state index in [1.54, 1.807) is 4.90 Å². The molecule has 1 saturated heterocycles. The first-order valence-corrected chi connectivity index (χ1v) is 3.87. The lowest BCUT2D eigenvalue weighted by Gasteiger charge is -2.14. The third-order valence-corrected chi connectivity index (χ3v) is 1.85. The third kappa shape index (κ3) is 2.20. The number of β-amino-alcohol motifs (C(OH)–C–C–N with tert-alkyl or cyclic N) is 1. The molecule has 2 N–H and O–H groups in total. The van der Waals surface area contributed by atoms with E-state index in [9.17, 15) is 9.59 Å². The van der Waals surface area contributed by atoms with Gasteiger partial charge in [0.1, 0.15) is 0 Å². The highest BCUT2D eigenvalue weighted by molar-refractivity contribution is 5.80. The molecule has 12 heavy (non-hydrogen) atoms. The summed E-state index contributed by atoms with van der Waals surface area (Å²) in [5.74, 6) is -0.140. The molecule has 5 nitrogen and oxygen atoms in total. The lowest BCUT2D eigenvalue weighted by Crippen LogP contribution is -2.36. The van der Waals surface area contributed by atoms with E-state index in [4.69, 9.17) is 5.11 Å². The molecule has 1 rings (SSSR count). The van der Waals surface area contributed by atoms with Crippen LogP contribution < -0.4 is 5.32 Å². The molecule has 68 valence electrons. The minimum absolute atomic E-state index is 0.0240. The molecular formula is C7H12N2O3. The van der Waals surface area contributed by atoms with Crippen LogP contribution in [0.2, 0.25) is 0 Å². The molecule has 0 saturated carbocycles. The number of carbonyl (C=O) groups is 2. The van der Waals surface area contributed by atoms with Crippen LogP contribution in [0.3, 0.4) is 0 Å². The molecule has 1 aliphatic heterocycles. The van der Waals surface area contributed by atoms with Crippen LogP contribution in [0.25, 0.3) is 0 Å². The average molecular weight is 172 g/mol. The fraction of sp³-hybridized carbons (Fsp3) is 0.714. The van der Waals surface area contributed by atoms with Gasteiger partial charge in [0.2, 0.25) is 12.3 Å². The summed E-state index contributed by atoms with van der Waals surface area (Å²) in [6.45, 7) is 0.996. The number of likely N-dealkylation sites (tertiary alicyclic amines) is 1. The Balaban J connectivity index is 2.28. The molecule has 0 radical (unpaired) electrons. The number of rotatable bonds is 3. The molecule has 1 fully saturated rings. The Kier molecular flexibility index (Phi) is 3.04. The van der Waals surface area contributed by atoms with Crippen LogP contribution in [-0.2, 0) is 9.59 Å². The maximum Gasteiger partial charge on any atom is 0.242 e. The lowest BCUT2D eigenvalue weighted by atomic mass is 10.3. The topological polar surface area (TPSA) is 69.6 Å². The van der Waals surface area contributed by atoms with Crippen LogP contribution >= 0.6 is 0 Å². The van der Waals surface area contributed by atoms with Crippen molar-refractivity contribution in [2.75, 3.05) is 19.6 Å². The third-order valence-electron chi connectivity index (χ3n) is 1.85. The van der Waals surface area contributed by atoms with E-state index in [2.05, 4.69) is 5.32 Å². The van der Waals surface area contributed by atoms with Gasteiger partial charge in [-0.2, -0.15) is 0 Å². The van der Waals surface area contributed by atoms with E-state index >= 15 is 0 Å². The zero-order valence-corrected chi connectivity index (χ0v) is 6.69. The van der Waals surface area contributed by atoms with Crippen molar-refractivity contribution in [2.45, 2.75) is 12.5 Å². The first-order chi connectivity index (χ1) is 5.74. The highest BCUT2D eigenvalue weighted by Gasteiger charge is 2.23. The largest absolute Gasteiger partial charge is 0.391 e. The Morgan fingerprint density at radius 2 is 2.50 bits per heavy atom. The summed E-state index contributed by atoms with van der Waals surface area (Å²) in [7, 11) is 0. The fourth-order valence-electron chi connectivity index (χ4n) is 1.21. The zero-order valence-electron chi connectivity index (χ0n) is 6.69. The Labute approximate surface area is 70.4 Å². The first kappa shape index (κ1) is 8.99. The lowest BCUT2D eigenvalue weighted by molar-refractivity contribution is -0.130. The number of carbonyl (C=O) groups excluding carboxylic acids is 2. The van der Waals surface area contributed by atoms with Gasteiger partial charge in [-0.1, -0.05) is 0 Å². The zero-order chi connectivity index (χ0) is 8.97. The summed E-state index contributed by atoms with van der Waals surface area (Å²) in [5, 5.41) is 11.4. The molecule has 0 unspecified atom stereocenters. The van der Waals surface area contributed by atoms with E-state index in [0.717, 1.165) is 0 Å². The molecule has 0 aliphatic carbocycles. The fourth-order valence-corrected chi connectivity index (χ4v) is 1.21. The minimum atomic E-state index is -0.398. The number of nitrogens with zero attached hydrogens (tertiary/aromatic N) is 1. The number of aliphatic hydroxyl groups is 1. The molecule has 0 aromatic rings. The van der Waals surface area contributed by atoms with Crippen LogP contribution in [0.15, 0.2) is 0 Å². The second kappa shape index (κ2) is 4.06. The molecule has 1 heterocycles. The van der Waals surface area contributed by atoms with Crippen LogP contribution in [0.1, 0.15) is 6.42 Å². The normalized spacial score (nSPS) is 22.4. The number of aliphatic hydroxyl groups excluding tert-OH is 1. The minimum Gasteiger partial charge on any atom is -0.391 e. The molecule has 1 atom stereocenters. The summed E-state index contributed by atoms with van der Waals surface area (Å²) < 4.78 is 0. The monoisotopic (exact) mass is 172 g/mol. The Morgan fingerprint density at radius 1 is 1.75 bits per heavy atom. The van der Waals surface area contributed by atoms with Gasteiger partial charge in [0.05, 0.1) is 12.6 Å². The maximum atomic E-state index is 11.1. The Morgan fingerprint density at radius 3 is 3.00 bits per heavy atom. The first-order valence-electron chi connectivity index (χ1n) is 3.87. The van der Waals surface area contributed by atoms with Crippen LogP contribution in [0.5, 0.6) is 0 Å². The molecule has 2 amide bonds. The van der Waals surface area contributed by atoms with Crippen LogP contribution in [0.4, 0.5) is 0 Å². The molecular weight excluding hydrogens is 160 g/mol. The van der Waals surface area contributed by atoms with Gasteiger partial charge in [-0.3, -0.25) is 9.59 Å². The molecule has 0 aromatic heterocycles. The van der Waals surface area contributed by atoms with Gasteiger partial charge in [-0.15, -0.1) is 0 Å². The highest BCUT2D eigenvalue weighted by Crippen LogP contribution is 2.07. The van der Waals surface area contributed by atoms with Crippen molar-refractivity contribution in [3.8, 4) is 0 Å². The predicted molar refractivity (Wildman–Crippen MR) is 41.3 cm³/mol. The van der Waals surface area contributed by atoms with E-state index < -0.39 is 6.10 Å². The molecule has 0 aromatic carbocycles. The van der Waals surface area contributed by atoms with Crippen molar-refractivity contribution in [1.82, 2.24) is 10.2 Å². The number of hydrogen-bond donors (Lipinski definition) is 2. The van der Waals surface area contributed by atoms with E-state index in [1.165, 1.54) is 0 Å². The van der Waals surface area contributed by atoms with Crippen molar-refractivity contribution in [2.24, 2.45) is 0 Å². The summed E-state index contributed by atoms with van der Waals surface area (Å²) in [6, 6.07) is 0. The van der Waals surface area contributed by atoms with Crippen molar-refractivity contribution in [3.63, 3.8) is 0 Å². The van der Waals surface area contributed by atoms with Gasteiger partial charge in [-0.25, -0.2) is 0 Å². The van der Waals surface area contributed by atoms with Gasteiger partial charge in [-0.05, 0) is 6.42 Å². The molecule has 0 bridgehead atoms. The number of hydrogen-bond acceptors (Lipinski definition) is 3. The van der Waals surface area contributed by atoms with Gasteiger partial charge >= 0.3 is 0 Å². The molecule has 0 spiro atoms. The maximum absolute atomic E-state index is 11.1. The van der Waals surface area contributed by atoms with E-state index in [-0.39, 0.29) is 12.5 Å². The summed E-state index contributed by atoms with van der Waals surface area (Å²) in [4.78, 5) is 22.5. The molecule has 1 aliphatic rings. The number of amides is 2. The highest BCUT2D eigenvalue weighted by atomic mass is 16.3. The van der Waals surface area contributed by atoms with Gasteiger partial charge < -0.3 is 15.3 Å². The Bertz CT molecular complexity index is 183. The summed E-state index contributed by atoms with van der Waals surface area (Å²) in [6.07, 6.45) is 0.724. The average Bonchev–Trinajstić information content (AvgIpc) is 2.47. The smallest absolute Gasteiger partial charge is 0.242 e. The van der Waals surface area contributed by atoms with Crippen LogP contribution in [0, 0.1) is 0 Å². The summed E-state index contributed by atoms with van der Waals surface area (Å²) >= 11 is 0.